The first-order valence-electron chi connectivity index (χ1n) is 7.79. The third-order valence-corrected chi connectivity index (χ3v) is 3.98. The van der Waals surface area contributed by atoms with Gasteiger partial charge in [0.05, 0.1) is 6.61 Å². The molecule has 1 aromatic carbocycles. The summed E-state index contributed by atoms with van der Waals surface area (Å²) < 4.78 is 6.85. The molecule has 0 atom stereocenters. The van der Waals surface area contributed by atoms with Crippen LogP contribution in [0.2, 0.25) is 0 Å². The van der Waals surface area contributed by atoms with E-state index in [1.807, 2.05) is 13.0 Å². The van der Waals surface area contributed by atoms with E-state index in [1.54, 1.807) is 0 Å². The molecule has 1 aromatic rings. The largest absolute Gasteiger partial charge is 0.494 e. The topological polar surface area (TPSA) is 21.3 Å². The number of rotatable bonds is 7. The molecule has 0 aromatic heterocycles. The van der Waals surface area contributed by atoms with Crippen LogP contribution >= 0.6 is 15.9 Å². The zero-order valence-electron chi connectivity index (χ0n) is 14.3. The Morgan fingerprint density at radius 3 is 2.38 bits per heavy atom. The maximum Gasteiger partial charge on any atom is 0.122 e. The van der Waals surface area contributed by atoms with Gasteiger partial charge < -0.3 is 10.1 Å². The van der Waals surface area contributed by atoms with Crippen molar-refractivity contribution in [1.82, 2.24) is 5.32 Å². The van der Waals surface area contributed by atoms with Crippen LogP contribution < -0.4 is 10.1 Å². The highest BCUT2D eigenvalue weighted by Crippen LogP contribution is 2.29. The first-order chi connectivity index (χ1) is 9.63. The van der Waals surface area contributed by atoms with E-state index in [0.717, 1.165) is 29.6 Å². The number of aryl methyl sites for hydroxylation is 1. The molecule has 0 unspecified atom stereocenters. The predicted octanol–water partition coefficient (Wildman–Crippen LogP) is 5.19. The zero-order chi connectivity index (χ0) is 16.1. The van der Waals surface area contributed by atoms with Crippen molar-refractivity contribution < 1.29 is 4.74 Å². The summed E-state index contributed by atoms with van der Waals surface area (Å²) in [5, 5.41) is 3.61. The Labute approximate surface area is 138 Å². The molecular formula is C18H30BrNO. The summed E-state index contributed by atoms with van der Waals surface area (Å²) in [5.41, 5.74) is 1.72. The zero-order valence-corrected chi connectivity index (χ0v) is 15.9. The van der Waals surface area contributed by atoms with Gasteiger partial charge in [-0.05, 0) is 69.7 Å². The third-order valence-electron chi connectivity index (χ3n) is 3.49. The fraction of sp³-hybridized carbons (Fsp3) is 0.667. The molecule has 0 aliphatic heterocycles. The quantitative estimate of drug-likeness (QED) is 0.725. The molecule has 0 saturated carbocycles. The molecule has 1 rings (SSSR count). The van der Waals surface area contributed by atoms with E-state index in [2.05, 4.69) is 68.0 Å². The lowest BCUT2D eigenvalue weighted by molar-refractivity contribution is 0.271. The van der Waals surface area contributed by atoms with Gasteiger partial charge in [-0.15, -0.1) is 0 Å². The summed E-state index contributed by atoms with van der Waals surface area (Å²) in [6.45, 7) is 15.1. The highest BCUT2D eigenvalue weighted by atomic mass is 79.9. The van der Waals surface area contributed by atoms with Gasteiger partial charge in [-0.3, -0.25) is 0 Å². The molecule has 0 saturated heterocycles. The normalized spacial score (nSPS) is 12.5. The second-order valence-electron chi connectivity index (χ2n) is 7.45. The molecule has 0 aliphatic carbocycles. The van der Waals surface area contributed by atoms with Gasteiger partial charge in [0.1, 0.15) is 5.75 Å². The van der Waals surface area contributed by atoms with E-state index in [-0.39, 0.29) is 11.0 Å². The van der Waals surface area contributed by atoms with Crippen molar-refractivity contribution in [3.05, 3.63) is 28.2 Å². The smallest absolute Gasteiger partial charge is 0.122 e. The monoisotopic (exact) mass is 355 g/mol. The molecule has 3 heteroatoms. The fourth-order valence-corrected chi connectivity index (χ4v) is 2.51. The van der Waals surface area contributed by atoms with Gasteiger partial charge >= 0.3 is 0 Å². The summed E-state index contributed by atoms with van der Waals surface area (Å²) in [6.07, 6.45) is 2.17. The van der Waals surface area contributed by atoms with Gasteiger partial charge in [-0.25, -0.2) is 0 Å². The minimum absolute atomic E-state index is 0.170. The van der Waals surface area contributed by atoms with Crippen LogP contribution in [0, 0.1) is 5.41 Å². The molecule has 0 fully saturated rings. The van der Waals surface area contributed by atoms with Crippen molar-refractivity contribution in [3.8, 4) is 5.75 Å². The van der Waals surface area contributed by atoms with Crippen molar-refractivity contribution >= 4 is 15.9 Å². The molecule has 0 amide bonds. The Morgan fingerprint density at radius 2 is 1.81 bits per heavy atom. The Balaban J connectivity index is 2.67. The molecular weight excluding hydrogens is 326 g/mol. The first-order valence-corrected chi connectivity index (χ1v) is 8.58. The maximum atomic E-state index is 5.73. The molecule has 0 bridgehead atoms. The number of benzene rings is 1. The highest BCUT2D eigenvalue weighted by molar-refractivity contribution is 9.10. The average molecular weight is 356 g/mol. The molecule has 21 heavy (non-hydrogen) atoms. The Hall–Kier alpha value is -0.540. The van der Waals surface area contributed by atoms with Gasteiger partial charge in [-0.2, -0.15) is 0 Å². The van der Waals surface area contributed by atoms with Crippen LogP contribution in [-0.2, 0) is 6.42 Å². The Morgan fingerprint density at radius 1 is 1.14 bits per heavy atom. The van der Waals surface area contributed by atoms with Gasteiger partial charge in [0.15, 0.2) is 0 Å². The summed E-state index contributed by atoms with van der Waals surface area (Å²) in [5.74, 6) is 1.01. The molecule has 0 radical (unpaired) electrons. The SMILES string of the molecule is CCOc1ccc(Br)cc1CCC(C)(C)CNC(C)(C)C. The predicted molar refractivity (Wildman–Crippen MR) is 95.2 cm³/mol. The van der Waals surface area contributed by atoms with Crippen molar-refractivity contribution in [1.29, 1.82) is 0 Å². The average Bonchev–Trinajstić information content (AvgIpc) is 2.36. The van der Waals surface area contributed by atoms with Crippen LogP contribution in [0.3, 0.4) is 0 Å². The van der Waals surface area contributed by atoms with E-state index in [0.29, 0.717) is 6.61 Å². The van der Waals surface area contributed by atoms with E-state index in [1.165, 1.54) is 5.56 Å². The number of hydrogen-bond acceptors (Lipinski definition) is 2. The van der Waals surface area contributed by atoms with E-state index >= 15 is 0 Å². The standard InChI is InChI=1S/C18H30BrNO/c1-7-21-16-9-8-15(19)12-14(16)10-11-18(5,6)13-20-17(2,3)4/h8-9,12,20H,7,10-11,13H2,1-6H3. The van der Waals surface area contributed by atoms with Crippen molar-refractivity contribution in [2.24, 2.45) is 5.41 Å². The third kappa shape index (κ3) is 7.32. The molecule has 2 nitrogen and oxygen atoms in total. The lowest BCUT2D eigenvalue weighted by Crippen LogP contribution is -2.42. The fourth-order valence-electron chi connectivity index (χ4n) is 2.11. The first kappa shape index (κ1) is 18.5. The van der Waals surface area contributed by atoms with Gasteiger partial charge in [0.2, 0.25) is 0 Å². The van der Waals surface area contributed by atoms with E-state index in [9.17, 15) is 0 Å². The minimum Gasteiger partial charge on any atom is -0.494 e. The Bertz CT molecular complexity index is 449. The van der Waals surface area contributed by atoms with Gasteiger partial charge in [0.25, 0.3) is 0 Å². The summed E-state index contributed by atoms with van der Waals surface area (Å²) in [7, 11) is 0. The lowest BCUT2D eigenvalue weighted by atomic mass is 9.85. The maximum absolute atomic E-state index is 5.73. The van der Waals surface area contributed by atoms with Crippen LogP contribution in [0.4, 0.5) is 0 Å². The van der Waals surface area contributed by atoms with Gasteiger partial charge in [-0.1, -0.05) is 29.8 Å². The second kappa shape index (κ2) is 7.64. The van der Waals surface area contributed by atoms with Crippen molar-refractivity contribution in [2.75, 3.05) is 13.2 Å². The number of ether oxygens (including phenoxy) is 1. The summed E-state index contributed by atoms with van der Waals surface area (Å²) in [6, 6.07) is 6.28. The molecule has 0 aliphatic rings. The minimum atomic E-state index is 0.170. The molecule has 120 valence electrons. The summed E-state index contributed by atoms with van der Waals surface area (Å²) >= 11 is 3.56. The highest BCUT2D eigenvalue weighted by Gasteiger charge is 2.21. The molecule has 0 spiro atoms. The van der Waals surface area contributed by atoms with Crippen LogP contribution in [0.5, 0.6) is 5.75 Å². The van der Waals surface area contributed by atoms with Crippen LogP contribution in [0.25, 0.3) is 0 Å². The second-order valence-corrected chi connectivity index (χ2v) is 8.37. The molecule has 1 N–H and O–H groups in total. The van der Waals surface area contributed by atoms with Crippen molar-refractivity contribution in [3.63, 3.8) is 0 Å². The van der Waals surface area contributed by atoms with E-state index < -0.39 is 0 Å². The number of nitrogens with one attached hydrogen (secondary N) is 1. The number of halogens is 1. The van der Waals surface area contributed by atoms with Crippen LogP contribution in [0.15, 0.2) is 22.7 Å². The van der Waals surface area contributed by atoms with Gasteiger partial charge in [0, 0.05) is 16.6 Å². The van der Waals surface area contributed by atoms with Crippen LogP contribution in [-0.4, -0.2) is 18.7 Å². The van der Waals surface area contributed by atoms with Crippen LogP contribution in [0.1, 0.15) is 53.5 Å². The van der Waals surface area contributed by atoms with Crippen molar-refractivity contribution in [2.45, 2.75) is 59.9 Å². The molecule has 0 heterocycles. The van der Waals surface area contributed by atoms with E-state index in [4.69, 9.17) is 4.74 Å². The summed E-state index contributed by atoms with van der Waals surface area (Å²) in [4.78, 5) is 0. The Kier molecular flexibility index (Phi) is 6.73. The number of hydrogen-bond donors (Lipinski definition) is 1. The lowest BCUT2D eigenvalue weighted by Gasteiger charge is -2.30.